The molecule has 0 fully saturated rings. The highest BCUT2D eigenvalue weighted by molar-refractivity contribution is 7.70. The summed E-state index contributed by atoms with van der Waals surface area (Å²) in [7, 11) is -4.28. The van der Waals surface area contributed by atoms with Crippen LogP contribution in [0.3, 0.4) is 0 Å². The van der Waals surface area contributed by atoms with Crippen LogP contribution in [0.15, 0.2) is 0 Å². The van der Waals surface area contributed by atoms with Gasteiger partial charge in [-0.05, 0) is 13.3 Å². The van der Waals surface area contributed by atoms with Crippen LogP contribution < -0.4 is 0 Å². The second kappa shape index (κ2) is 22.8. The van der Waals surface area contributed by atoms with Crippen molar-refractivity contribution in [1.82, 2.24) is 0 Å². The molecule has 0 aliphatic rings. The van der Waals surface area contributed by atoms with Crippen LogP contribution in [-0.4, -0.2) is 37.0 Å². The summed E-state index contributed by atoms with van der Waals surface area (Å²) in [5.41, 5.74) is -1.19. The third kappa shape index (κ3) is 21.2. The molecule has 0 aromatic carbocycles. The average Bonchev–Trinajstić information content (AvgIpc) is 2.74. The van der Waals surface area contributed by atoms with E-state index < -0.39 is 13.3 Å². The van der Waals surface area contributed by atoms with Crippen molar-refractivity contribution < 1.29 is 28.3 Å². The van der Waals surface area contributed by atoms with E-state index in [0.29, 0.717) is 19.6 Å². The first-order valence-corrected chi connectivity index (χ1v) is 14.3. The van der Waals surface area contributed by atoms with Gasteiger partial charge in [0.15, 0.2) is 0 Å². The van der Waals surface area contributed by atoms with Gasteiger partial charge in [-0.3, -0.25) is 0 Å². The van der Waals surface area contributed by atoms with Crippen LogP contribution in [0.2, 0.25) is 0 Å². The summed E-state index contributed by atoms with van der Waals surface area (Å²) in [4.78, 5) is 20.6. The lowest BCUT2D eigenvalue weighted by Gasteiger charge is -2.10. The molecule has 0 aliphatic carbocycles. The number of carbonyl (C=O) groups excluding carboxylic acids is 1. The molecule has 186 valence electrons. The van der Waals surface area contributed by atoms with Crippen LogP contribution in [0, 0.1) is 0 Å². The molecule has 1 unspecified atom stereocenters. The van der Waals surface area contributed by atoms with Crippen LogP contribution in [0.5, 0.6) is 0 Å². The first kappa shape index (κ1) is 30.6. The number of hydrogen-bond acceptors (Lipinski definition) is 5. The molecule has 1 atom stereocenters. The van der Waals surface area contributed by atoms with Gasteiger partial charge in [-0.15, -0.1) is 0 Å². The topological polar surface area (TPSA) is 82.1 Å². The third-order valence-electron chi connectivity index (χ3n) is 5.34. The van der Waals surface area contributed by atoms with E-state index in [2.05, 4.69) is 11.4 Å². The van der Waals surface area contributed by atoms with Gasteiger partial charge in [0, 0.05) is 19.6 Å². The van der Waals surface area contributed by atoms with Gasteiger partial charge < -0.3 is 18.9 Å². The first-order chi connectivity index (χ1) is 15.0. The highest BCUT2D eigenvalue weighted by Gasteiger charge is 2.31. The predicted molar refractivity (Wildman–Crippen MR) is 128 cm³/mol. The van der Waals surface area contributed by atoms with Gasteiger partial charge in [-0.25, -0.2) is 9.36 Å². The summed E-state index contributed by atoms with van der Waals surface area (Å²) in [6.45, 7) is 5.07. The molecule has 0 bridgehead atoms. The quantitative estimate of drug-likeness (QED) is 0.115. The van der Waals surface area contributed by atoms with Crippen LogP contribution in [0.4, 0.5) is 4.79 Å². The molecule has 0 radical (unpaired) electrons. The van der Waals surface area contributed by atoms with E-state index in [1.165, 1.54) is 96.3 Å². The van der Waals surface area contributed by atoms with Crippen molar-refractivity contribution in [1.29, 1.82) is 0 Å². The van der Waals surface area contributed by atoms with Crippen LogP contribution in [0.1, 0.15) is 123 Å². The summed E-state index contributed by atoms with van der Waals surface area (Å²) in [6.07, 6.45) is 22.1. The zero-order chi connectivity index (χ0) is 23.0. The van der Waals surface area contributed by atoms with E-state index in [1.54, 1.807) is 6.92 Å². The van der Waals surface area contributed by atoms with E-state index in [0.717, 1.165) is 6.42 Å². The molecule has 6 nitrogen and oxygen atoms in total. The number of hydrogen-bond donors (Lipinski definition) is 1. The Labute approximate surface area is 191 Å². The number of ether oxygens (including phenoxy) is 2. The van der Waals surface area contributed by atoms with Crippen molar-refractivity contribution in [3.8, 4) is 0 Å². The molecule has 0 rings (SSSR count). The Hall–Kier alpha value is -0.420. The first-order valence-electron chi connectivity index (χ1n) is 12.8. The average molecular weight is 465 g/mol. The van der Waals surface area contributed by atoms with Crippen molar-refractivity contribution in [3.63, 3.8) is 0 Å². The molecule has 0 saturated carbocycles. The maximum Gasteiger partial charge on any atom is 0.435 e. The highest BCUT2D eigenvalue weighted by atomic mass is 31.2. The fourth-order valence-electron chi connectivity index (χ4n) is 3.48. The smallest absolute Gasteiger partial charge is 0.435 e. The predicted octanol–water partition coefficient (Wildman–Crippen LogP) is 8.01. The fraction of sp³-hybridized carbons (Fsp3) is 0.958. The third-order valence-corrected chi connectivity index (χ3v) is 6.53. The van der Waals surface area contributed by atoms with Gasteiger partial charge >= 0.3 is 13.3 Å². The second-order valence-corrected chi connectivity index (χ2v) is 9.99. The molecule has 0 amide bonds. The maximum absolute atomic E-state index is 11.4. The minimum atomic E-state index is -4.28. The van der Waals surface area contributed by atoms with E-state index >= 15 is 0 Å². The fourth-order valence-corrected chi connectivity index (χ4v) is 4.19. The molecule has 0 heterocycles. The lowest BCUT2D eigenvalue weighted by molar-refractivity contribution is 0.103. The summed E-state index contributed by atoms with van der Waals surface area (Å²) >= 11 is 0. The zero-order valence-corrected chi connectivity index (χ0v) is 21.2. The van der Waals surface area contributed by atoms with Gasteiger partial charge in [0.05, 0.1) is 13.2 Å². The summed E-state index contributed by atoms with van der Waals surface area (Å²) < 4.78 is 26.1. The monoisotopic (exact) mass is 464 g/mol. The van der Waals surface area contributed by atoms with Gasteiger partial charge in [0.2, 0.25) is 0 Å². The van der Waals surface area contributed by atoms with Crippen LogP contribution >= 0.6 is 7.60 Å². The van der Waals surface area contributed by atoms with Crippen molar-refractivity contribution in [2.24, 2.45) is 0 Å². The normalized spacial score (nSPS) is 13.3. The second-order valence-electron chi connectivity index (χ2n) is 8.32. The Bertz CT molecular complexity index is 444. The zero-order valence-electron chi connectivity index (χ0n) is 20.3. The molecule has 0 aliphatic heterocycles. The van der Waals surface area contributed by atoms with E-state index in [-0.39, 0.29) is 13.2 Å². The Morgan fingerprint density at radius 1 is 0.645 bits per heavy atom. The van der Waals surface area contributed by atoms with Crippen LogP contribution in [0.25, 0.3) is 0 Å². The van der Waals surface area contributed by atoms with Gasteiger partial charge in [0.25, 0.3) is 0 Å². The molecular formula is C24H49O6P. The number of carbonyl (C=O) groups is 1. The lowest BCUT2D eigenvalue weighted by Crippen LogP contribution is -2.09. The van der Waals surface area contributed by atoms with E-state index in [9.17, 15) is 14.3 Å². The Morgan fingerprint density at radius 3 is 1.52 bits per heavy atom. The standard InChI is InChI=1S/C24H49O6P/c1-3-5-6-7-8-9-10-11-12-13-14-15-16-17-18-19-21-28-22-20-23-29-24(25)31(26,27)30-4-2/h3-23H2,1-2H3,(H,26,27). The van der Waals surface area contributed by atoms with Crippen molar-refractivity contribution in [2.75, 3.05) is 26.4 Å². The number of rotatable bonds is 24. The highest BCUT2D eigenvalue weighted by Crippen LogP contribution is 2.43. The molecule has 7 heteroatoms. The molecule has 1 N–H and O–H groups in total. The Balaban J connectivity index is 3.19. The number of unbranched alkanes of at least 4 members (excludes halogenated alkanes) is 15. The van der Waals surface area contributed by atoms with Crippen molar-refractivity contribution in [2.45, 2.75) is 123 Å². The van der Waals surface area contributed by atoms with Gasteiger partial charge in [-0.1, -0.05) is 103 Å². The summed E-state index contributed by atoms with van der Waals surface area (Å²) in [5, 5.41) is 0. The minimum absolute atomic E-state index is 0.00863. The molecule has 0 aromatic heterocycles. The summed E-state index contributed by atoms with van der Waals surface area (Å²) in [5.74, 6) is 0. The molecule has 0 saturated heterocycles. The van der Waals surface area contributed by atoms with E-state index in [4.69, 9.17) is 9.47 Å². The molecule has 0 aromatic rings. The SMILES string of the molecule is CCCCCCCCCCCCCCCCCCOCCCOC(=O)P(=O)(O)OCC. The summed E-state index contributed by atoms with van der Waals surface area (Å²) in [6, 6.07) is 0. The van der Waals surface area contributed by atoms with Gasteiger partial charge in [-0.2, -0.15) is 0 Å². The Kier molecular flexibility index (Phi) is 22.5. The van der Waals surface area contributed by atoms with E-state index in [1.807, 2.05) is 0 Å². The van der Waals surface area contributed by atoms with Gasteiger partial charge in [0.1, 0.15) is 0 Å². The lowest BCUT2D eigenvalue weighted by atomic mass is 10.0. The molecular weight excluding hydrogens is 415 g/mol. The van der Waals surface area contributed by atoms with Crippen LogP contribution in [-0.2, 0) is 18.6 Å². The molecule has 0 spiro atoms. The maximum atomic E-state index is 11.4. The largest absolute Gasteiger partial charge is 0.457 e. The van der Waals surface area contributed by atoms with Crippen molar-refractivity contribution >= 4 is 13.3 Å². The Morgan fingerprint density at radius 2 is 1.06 bits per heavy atom. The minimum Gasteiger partial charge on any atom is -0.457 e. The molecule has 31 heavy (non-hydrogen) atoms. The van der Waals surface area contributed by atoms with Crippen molar-refractivity contribution in [3.05, 3.63) is 0 Å².